The highest BCUT2D eigenvalue weighted by molar-refractivity contribution is 7.79. The molecule has 0 aromatic rings. The fraction of sp³-hybridized carbons (Fsp3) is 0.909. The highest BCUT2D eigenvalue weighted by Crippen LogP contribution is 2.32. The molecular weight excluding hydrogens is 164 g/mol. The number of rotatable bonds is 4. The highest BCUT2D eigenvalue weighted by Gasteiger charge is 2.26. The minimum absolute atomic E-state index is 0.330. The van der Waals surface area contributed by atoms with Crippen molar-refractivity contribution in [1.82, 2.24) is 0 Å². The summed E-state index contributed by atoms with van der Waals surface area (Å²) in [4.78, 5) is 0. The van der Waals surface area contributed by atoms with Crippen LogP contribution >= 0.6 is 12.2 Å². The Labute approximate surface area is 82.7 Å². The Morgan fingerprint density at radius 2 is 1.83 bits per heavy atom. The summed E-state index contributed by atoms with van der Waals surface area (Å²) in [6, 6.07) is 0. The van der Waals surface area contributed by atoms with Crippen LogP contribution in [-0.4, -0.2) is 5.37 Å². The molecule has 0 heterocycles. The Bertz CT molecular complexity index is 132. The Kier molecular flexibility index (Phi) is 5.00. The summed E-state index contributed by atoms with van der Waals surface area (Å²) in [5.74, 6) is 1.31. The molecule has 72 valence electrons. The molecule has 0 aliphatic carbocycles. The molecule has 0 bridgehead atoms. The molecule has 0 spiro atoms. The average Bonchev–Trinajstić information content (AvgIpc) is 1.85. The lowest BCUT2D eigenvalue weighted by atomic mass is 9.73. The van der Waals surface area contributed by atoms with Gasteiger partial charge in [-0.05, 0) is 22.6 Å². The molecule has 0 N–H and O–H groups in total. The van der Waals surface area contributed by atoms with Gasteiger partial charge in [0.1, 0.15) is 0 Å². The Morgan fingerprint density at radius 3 is 2.08 bits per heavy atom. The Morgan fingerprint density at radius 1 is 1.33 bits per heavy atom. The van der Waals surface area contributed by atoms with E-state index in [2.05, 4.69) is 34.6 Å². The summed E-state index contributed by atoms with van der Waals surface area (Å²) in [7, 11) is 0. The van der Waals surface area contributed by atoms with Gasteiger partial charge in [0.2, 0.25) is 0 Å². The fourth-order valence-corrected chi connectivity index (χ4v) is 2.50. The van der Waals surface area contributed by atoms with Crippen LogP contribution in [0.15, 0.2) is 0 Å². The van der Waals surface area contributed by atoms with E-state index in [-0.39, 0.29) is 0 Å². The van der Waals surface area contributed by atoms with E-state index >= 15 is 0 Å². The van der Waals surface area contributed by atoms with E-state index < -0.39 is 0 Å². The van der Waals surface area contributed by atoms with Crippen molar-refractivity contribution in [2.24, 2.45) is 17.3 Å². The second kappa shape index (κ2) is 4.96. The lowest BCUT2D eigenvalue weighted by Gasteiger charge is -2.32. The molecule has 0 aliphatic heterocycles. The van der Waals surface area contributed by atoms with Crippen LogP contribution in [0.2, 0.25) is 0 Å². The summed E-state index contributed by atoms with van der Waals surface area (Å²) >= 11 is 5.09. The van der Waals surface area contributed by atoms with Crippen LogP contribution in [0.3, 0.4) is 0 Å². The van der Waals surface area contributed by atoms with Gasteiger partial charge in [0.15, 0.2) is 0 Å². The van der Waals surface area contributed by atoms with Crippen LogP contribution in [0, 0.1) is 17.3 Å². The monoisotopic (exact) mass is 186 g/mol. The maximum absolute atomic E-state index is 5.09. The molecule has 2 atom stereocenters. The highest BCUT2D eigenvalue weighted by atomic mass is 32.1. The molecule has 0 amide bonds. The first kappa shape index (κ1) is 12.1. The zero-order chi connectivity index (χ0) is 9.78. The van der Waals surface area contributed by atoms with Gasteiger partial charge < -0.3 is 0 Å². The standard InChI is InChI=1S/C11H22S/c1-6-7-9(2)10(8-12)11(3,4)5/h8-10H,6-7H2,1-5H3. The Hall–Kier alpha value is 0.0900. The third-order valence-corrected chi connectivity index (χ3v) is 2.80. The van der Waals surface area contributed by atoms with E-state index in [1.165, 1.54) is 12.8 Å². The van der Waals surface area contributed by atoms with Gasteiger partial charge >= 0.3 is 0 Å². The van der Waals surface area contributed by atoms with Gasteiger partial charge in [-0.1, -0.05) is 59.7 Å². The van der Waals surface area contributed by atoms with Gasteiger partial charge in [0.25, 0.3) is 0 Å². The number of thiocarbonyl (C=S) groups is 1. The van der Waals surface area contributed by atoms with Crippen molar-refractivity contribution in [2.45, 2.75) is 47.5 Å². The molecule has 0 saturated heterocycles. The predicted octanol–water partition coefficient (Wildman–Crippen LogP) is 4.08. The quantitative estimate of drug-likeness (QED) is 0.596. The van der Waals surface area contributed by atoms with Crippen LogP contribution in [0.1, 0.15) is 47.5 Å². The molecule has 0 aromatic heterocycles. The third-order valence-electron chi connectivity index (χ3n) is 2.50. The lowest BCUT2D eigenvalue weighted by Crippen LogP contribution is -2.27. The molecule has 0 rings (SSSR count). The second-order valence-electron chi connectivity index (χ2n) is 4.79. The molecule has 12 heavy (non-hydrogen) atoms. The molecule has 0 saturated carbocycles. The van der Waals surface area contributed by atoms with E-state index in [9.17, 15) is 0 Å². The van der Waals surface area contributed by atoms with Gasteiger partial charge in [0, 0.05) is 0 Å². The van der Waals surface area contributed by atoms with E-state index in [1.807, 2.05) is 5.37 Å². The molecular formula is C11H22S. The van der Waals surface area contributed by atoms with Crippen LogP contribution < -0.4 is 0 Å². The van der Waals surface area contributed by atoms with Crippen LogP contribution in [0.25, 0.3) is 0 Å². The average molecular weight is 186 g/mol. The SMILES string of the molecule is CCCC(C)C(C=S)C(C)(C)C. The maximum Gasteiger partial charge on any atom is -0.00541 e. The minimum Gasteiger partial charge on any atom is -0.0931 e. The first-order valence-electron chi connectivity index (χ1n) is 4.88. The van der Waals surface area contributed by atoms with Gasteiger partial charge in [-0.3, -0.25) is 0 Å². The van der Waals surface area contributed by atoms with Crippen molar-refractivity contribution in [3.63, 3.8) is 0 Å². The van der Waals surface area contributed by atoms with E-state index in [1.54, 1.807) is 0 Å². The molecule has 0 nitrogen and oxygen atoms in total. The third kappa shape index (κ3) is 3.66. The van der Waals surface area contributed by atoms with Crippen molar-refractivity contribution in [3.8, 4) is 0 Å². The fourth-order valence-electron chi connectivity index (χ4n) is 1.83. The Balaban J connectivity index is 4.24. The van der Waals surface area contributed by atoms with Gasteiger partial charge in [-0.25, -0.2) is 0 Å². The van der Waals surface area contributed by atoms with Crippen LogP contribution in [0.5, 0.6) is 0 Å². The number of hydrogen-bond acceptors (Lipinski definition) is 1. The molecule has 1 heteroatoms. The van der Waals surface area contributed by atoms with Crippen molar-refractivity contribution in [2.75, 3.05) is 0 Å². The summed E-state index contributed by atoms with van der Waals surface area (Å²) in [5.41, 5.74) is 0.330. The predicted molar refractivity (Wildman–Crippen MR) is 60.7 cm³/mol. The number of hydrogen-bond donors (Lipinski definition) is 0. The molecule has 0 aliphatic rings. The maximum atomic E-state index is 5.09. The summed E-state index contributed by atoms with van der Waals surface area (Å²) in [5, 5.41) is 1.96. The van der Waals surface area contributed by atoms with Crippen molar-refractivity contribution < 1.29 is 0 Å². The first-order chi connectivity index (χ1) is 5.43. The zero-order valence-electron chi connectivity index (χ0n) is 9.05. The lowest BCUT2D eigenvalue weighted by molar-refractivity contribution is 0.235. The van der Waals surface area contributed by atoms with E-state index in [0.717, 1.165) is 5.92 Å². The van der Waals surface area contributed by atoms with Gasteiger partial charge in [0.05, 0.1) is 0 Å². The largest absolute Gasteiger partial charge is 0.0931 e. The molecule has 0 fully saturated rings. The van der Waals surface area contributed by atoms with Crippen molar-refractivity contribution in [3.05, 3.63) is 0 Å². The van der Waals surface area contributed by atoms with Gasteiger partial charge in [-0.2, -0.15) is 0 Å². The second-order valence-corrected chi connectivity index (χ2v) is 5.07. The van der Waals surface area contributed by atoms with Crippen molar-refractivity contribution >= 4 is 17.6 Å². The molecule has 2 unspecified atom stereocenters. The molecule has 0 aromatic carbocycles. The normalized spacial score (nSPS) is 17.1. The van der Waals surface area contributed by atoms with Crippen LogP contribution in [0.4, 0.5) is 0 Å². The minimum atomic E-state index is 0.330. The molecule has 0 radical (unpaired) electrons. The first-order valence-corrected chi connectivity index (χ1v) is 5.36. The van der Waals surface area contributed by atoms with Gasteiger partial charge in [-0.15, -0.1) is 0 Å². The van der Waals surface area contributed by atoms with Crippen molar-refractivity contribution in [1.29, 1.82) is 0 Å². The summed E-state index contributed by atoms with van der Waals surface area (Å²) in [6.07, 6.45) is 2.55. The zero-order valence-corrected chi connectivity index (χ0v) is 9.87. The summed E-state index contributed by atoms with van der Waals surface area (Å²) < 4.78 is 0. The summed E-state index contributed by atoms with van der Waals surface area (Å²) in [6.45, 7) is 11.4. The van der Waals surface area contributed by atoms with Crippen LogP contribution in [-0.2, 0) is 0 Å². The van der Waals surface area contributed by atoms with E-state index in [4.69, 9.17) is 12.2 Å². The van der Waals surface area contributed by atoms with E-state index in [0.29, 0.717) is 11.3 Å². The smallest absolute Gasteiger partial charge is 0.00541 e. The topological polar surface area (TPSA) is 0 Å².